The number of hydrogen-bond acceptors (Lipinski definition) is 3. The number of H-pyrrole nitrogens is 1. The second-order valence-corrected chi connectivity index (χ2v) is 7.50. The van der Waals surface area contributed by atoms with E-state index in [-0.39, 0.29) is 17.9 Å². The van der Waals surface area contributed by atoms with Crippen molar-refractivity contribution in [2.75, 3.05) is 0 Å². The highest BCUT2D eigenvalue weighted by Gasteiger charge is 2.25. The molecule has 1 heterocycles. The number of aromatic nitrogens is 2. The van der Waals surface area contributed by atoms with Crippen LogP contribution < -0.4 is 10.1 Å². The predicted molar refractivity (Wildman–Crippen MR) is 106 cm³/mol. The monoisotopic (exact) mass is 415 g/mol. The van der Waals surface area contributed by atoms with Gasteiger partial charge in [-0.3, -0.25) is 4.79 Å². The maximum atomic E-state index is 12.6. The van der Waals surface area contributed by atoms with Gasteiger partial charge in [0.25, 0.3) is 5.91 Å². The summed E-state index contributed by atoms with van der Waals surface area (Å²) in [5.74, 6) is 1.41. The number of ether oxygens (including phenoxy) is 1. The average molecular weight is 416 g/mol. The van der Waals surface area contributed by atoms with Gasteiger partial charge in [-0.25, -0.2) is 4.98 Å². The maximum absolute atomic E-state index is 12.6. The normalized spacial score (nSPS) is 13.6. The van der Waals surface area contributed by atoms with Gasteiger partial charge in [0.2, 0.25) is 0 Å². The topological polar surface area (TPSA) is 67.0 Å². The molecule has 0 aliphatic carbocycles. The van der Waals surface area contributed by atoms with Gasteiger partial charge in [-0.1, -0.05) is 41.9 Å². The van der Waals surface area contributed by atoms with Crippen LogP contribution in [0.4, 0.5) is 0 Å². The van der Waals surface area contributed by atoms with Crippen LogP contribution >= 0.6 is 15.9 Å². The van der Waals surface area contributed by atoms with Gasteiger partial charge in [0.15, 0.2) is 6.10 Å². The minimum absolute atomic E-state index is 0.174. The number of aromatic amines is 1. The number of nitrogens with one attached hydrogen (secondary N) is 2. The number of imidazole rings is 1. The lowest BCUT2D eigenvalue weighted by Gasteiger charge is -2.23. The van der Waals surface area contributed by atoms with Crippen LogP contribution in [0.2, 0.25) is 0 Å². The van der Waals surface area contributed by atoms with E-state index in [2.05, 4.69) is 45.1 Å². The Kier molecular flexibility index (Phi) is 5.61. The number of nitrogens with zero attached hydrogens (tertiary/aromatic N) is 1. The second kappa shape index (κ2) is 7.91. The van der Waals surface area contributed by atoms with Crippen molar-refractivity contribution in [1.82, 2.24) is 15.3 Å². The number of benzene rings is 2. The average Bonchev–Trinajstić information content (AvgIpc) is 3.04. The maximum Gasteiger partial charge on any atom is 0.261 e. The van der Waals surface area contributed by atoms with E-state index in [1.54, 1.807) is 6.92 Å². The molecule has 2 N–H and O–H groups in total. The minimum atomic E-state index is -0.609. The molecule has 2 aromatic carbocycles. The molecular weight excluding hydrogens is 394 g/mol. The van der Waals surface area contributed by atoms with E-state index in [4.69, 9.17) is 4.74 Å². The fourth-order valence-electron chi connectivity index (χ4n) is 2.71. The summed E-state index contributed by atoms with van der Waals surface area (Å²) in [7, 11) is 0. The molecule has 0 unspecified atom stereocenters. The van der Waals surface area contributed by atoms with E-state index in [1.807, 2.05) is 48.5 Å². The van der Waals surface area contributed by atoms with Gasteiger partial charge >= 0.3 is 0 Å². The zero-order chi connectivity index (χ0) is 18.7. The molecule has 0 aliphatic heterocycles. The highest BCUT2D eigenvalue weighted by atomic mass is 79.9. The van der Waals surface area contributed by atoms with Crippen molar-refractivity contribution in [3.8, 4) is 5.75 Å². The Labute approximate surface area is 161 Å². The molecule has 6 heteroatoms. The van der Waals surface area contributed by atoms with E-state index in [9.17, 15) is 4.79 Å². The van der Waals surface area contributed by atoms with Crippen LogP contribution in [-0.4, -0.2) is 22.0 Å². The highest BCUT2D eigenvalue weighted by molar-refractivity contribution is 9.10. The van der Waals surface area contributed by atoms with Crippen molar-refractivity contribution >= 4 is 32.9 Å². The summed E-state index contributed by atoms with van der Waals surface area (Å²) in [5, 5.41) is 3.06. The smallest absolute Gasteiger partial charge is 0.261 e. The Morgan fingerprint density at radius 2 is 1.81 bits per heavy atom. The van der Waals surface area contributed by atoms with Crippen LogP contribution in [0.1, 0.15) is 32.6 Å². The molecule has 1 amide bonds. The number of fused-ring (bicyclic) bond motifs is 1. The van der Waals surface area contributed by atoms with E-state index < -0.39 is 6.10 Å². The van der Waals surface area contributed by atoms with Gasteiger partial charge in [-0.15, -0.1) is 0 Å². The highest BCUT2D eigenvalue weighted by Crippen LogP contribution is 2.23. The van der Waals surface area contributed by atoms with E-state index >= 15 is 0 Å². The lowest BCUT2D eigenvalue weighted by atomic mass is 10.0. The van der Waals surface area contributed by atoms with Crippen molar-refractivity contribution in [1.29, 1.82) is 0 Å². The van der Waals surface area contributed by atoms with Crippen LogP contribution in [0.25, 0.3) is 11.0 Å². The summed E-state index contributed by atoms with van der Waals surface area (Å²) in [6.45, 7) is 5.85. The Morgan fingerprint density at radius 1 is 1.12 bits per heavy atom. The zero-order valence-electron chi connectivity index (χ0n) is 15.0. The standard InChI is InChI=1S/C20H22BrN3O2/c1-12(2)18(19-22-16-6-4-5-7-17(16)23-19)24-20(25)13(3)26-15-10-8-14(21)9-11-15/h4-13,18H,1-3H3,(H,22,23)(H,24,25)/t13-,18-/m1/s1. The van der Waals surface area contributed by atoms with Crippen LogP contribution in [-0.2, 0) is 4.79 Å². The van der Waals surface area contributed by atoms with Crippen LogP contribution in [0.3, 0.4) is 0 Å². The fourth-order valence-corrected chi connectivity index (χ4v) is 2.98. The molecule has 0 spiro atoms. The first-order valence-corrected chi connectivity index (χ1v) is 9.40. The fraction of sp³-hybridized carbons (Fsp3) is 0.300. The third-order valence-electron chi connectivity index (χ3n) is 4.16. The molecule has 1 aromatic heterocycles. The first kappa shape index (κ1) is 18.5. The number of hydrogen-bond donors (Lipinski definition) is 2. The predicted octanol–water partition coefficient (Wildman–Crippen LogP) is 4.61. The van der Waals surface area contributed by atoms with Gasteiger partial charge in [-0.05, 0) is 49.2 Å². The van der Waals surface area contributed by atoms with Crippen molar-refractivity contribution in [3.63, 3.8) is 0 Å². The lowest BCUT2D eigenvalue weighted by Crippen LogP contribution is -2.40. The molecule has 0 fully saturated rings. The molecular formula is C20H22BrN3O2. The van der Waals surface area contributed by atoms with Crippen LogP contribution in [0, 0.1) is 5.92 Å². The van der Waals surface area contributed by atoms with Gasteiger partial charge in [0.1, 0.15) is 11.6 Å². The summed E-state index contributed by atoms with van der Waals surface area (Å²) in [5.41, 5.74) is 1.85. The third kappa shape index (κ3) is 4.25. The first-order chi connectivity index (χ1) is 12.4. The first-order valence-electron chi connectivity index (χ1n) is 8.61. The van der Waals surface area contributed by atoms with Gasteiger partial charge in [0.05, 0.1) is 17.1 Å². The summed E-state index contributed by atoms with van der Waals surface area (Å²) >= 11 is 3.38. The molecule has 136 valence electrons. The number of rotatable bonds is 6. The Bertz CT molecular complexity index is 856. The van der Waals surface area contributed by atoms with Gasteiger partial charge < -0.3 is 15.0 Å². The Morgan fingerprint density at radius 3 is 2.46 bits per heavy atom. The molecule has 0 bridgehead atoms. The molecule has 0 saturated carbocycles. The van der Waals surface area contributed by atoms with Crippen LogP contribution in [0.5, 0.6) is 5.75 Å². The molecule has 5 nitrogen and oxygen atoms in total. The summed E-state index contributed by atoms with van der Waals surface area (Å²) in [6.07, 6.45) is -0.609. The van der Waals surface area contributed by atoms with Crippen molar-refractivity contribution in [2.45, 2.75) is 32.9 Å². The molecule has 3 rings (SSSR count). The number of carbonyl (C=O) groups excluding carboxylic acids is 1. The summed E-state index contributed by atoms with van der Waals surface area (Å²) in [4.78, 5) is 20.6. The SMILES string of the molecule is CC(C)[C@@H](NC(=O)[C@@H](C)Oc1ccc(Br)cc1)c1nc2ccccc2[nH]1. The quantitative estimate of drug-likeness (QED) is 0.617. The molecule has 26 heavy (non-hydrogen) atoms. The van der Waals surface area contributed by atoms with Crippen molar-refractivity contribution in [3.05, 3.63) is 58.8 Å². The number of amides is 1. The van der Waals surface area contributed by atoms with Gasteiger partial charge in [-0.2, -0.15) is 0 Å². The minimum Gasteiger partial charge on any atom is -0.481 e. The molecule has 0 saturated heterocycles. The van der Waals surface area contributed by atoms with Crippen molar-refractivity contribution in [2.24, 2.45) is 5.92 Å². The third-order valence-corrected chi connectivity index (χ3v) is 4.69. The van der Waals surface area contributed by atoms with Gasteiger partial charge in [0, 0.05) is 4.47 Å². The van der Waals surface area contributed by atoms with E-state index in [1.165, 1.54) is 0 Å². The van der Waals surface area contributed by atoms with Crippen molar-refractivity contribution < 1.29 is 9.53 Å². The lowest BCUT2D eigenvalue weighted by molar-refractivity contribution is -0.128. The zero-order valence-corrected chi connectivity index (χ0v) is 16.6. The molecule has 0 radical (unpaired) electrons. The molecule has 3 aromatic rings. The van der Waals surface area contributed by atoms with E-state index in [0.717, 1.165) is 21.3 Å². The molecule has 2 atom stereocenters. The number of carbonyl (C=O) groups is 1. The Balaban J connectivity index is 1.72. The summed E-state index contributed by atoms with van der Waals surface area (Å²) in [6, 6.07) is 15.0. The largest absolute Gasteiger partial charge is 0.481 e. The second-order valence-electron chi connectivity index (χ2n) is 6.58. The van der Waals surface area contributed by atoms with Crippen LogP contribution in [0.15, 0.2) is 53.0 Å². The molecule has 0 aliphatic rings. The van der Waals surface area contributed by atoms with E-state index in [0.29, 0.717) is 5.75 Å². The number of halogens is 1. The summed E-state index contributed by atoms with van der Waals surface area (Å²) < 4.78 is 6.71. The number of para-hydroxylation sites is 2. The Hall–Kier alpha value is -2.34.